The van der Waals surface area contributed by atoms with Gasteiger partial charge in [0.2, 0.25) is 0 Å². The van der Waals surface area contributed by atoms with Crippen molar-refractivity contribution in [3.8, 4) is 0 Å². The van der Waals surface area contributed by atoms with Gasteiger partial charge in [0, 0.05) is 18.1 Å². The van der Waals surface area contributed by atoms with Gasteiger partial charge in [0.1, 0.15) is 11.4 Å². The van der Waals surface area contributed by atoms with Gasteiger partial charge in [0.15, 0.2) is 0 Å². The summed E-state index contributed by atoms with van der Waals surface area (Å²) in [6.07, 6.45) is 3.71. The fraction of sp³-hybridized carbons (Fsp3) is 0.350. The Labute approximate surface area is 157 Å². The maximum atomic E-state index is 12.7. The number of hydrogen-bond donors (Lipinski definition) is 1. The number of rotatable bonds is 3. The third kappa shape index (κ3) is 3.19. The van der Waals surface area contributed by atoms with Crippen LogP contribution in [0, 0.1) is 0 Å². The lowest BCUT2D eigenvalue weighted by molar-refractivity contribution is 0.0787. The van der Waals surface area contributed by atoms with Crippen LogP contribution in [0.2, 0.25) is 5.02 Å². The van der Waals surface area contributed by atoms with Crippen molar-refractivity contribution in [2.24, 2.45) is 0 Å². The predicted octanol–water partition coefficient (Wildman–Crippen LogP) is 3.39. The molecule has 1 aromatic carbocycles. The number of likely N-dealkylation sites (tertiary alicyclic amines) is 1. The number of benzene rings is 1. The molecule has 0 spiro atoms. The summed E-state index contributed by atoms with van der Waals surface area (Å²) < 4.78 is 0. The first-order valence-corrected chi connectivity index (χ1v) is 9.36. The molecule has 134 valence electrons. The van der Waals surface area contributed by atoms with Crippen LogP contribution in [0.25, 0.3) is 0 Å². The molecule has 2 aliphatic rings. The highest BCUT2D eigenvalue weighted by molar-refractivity contribution is 6.31. The average Bonchev–Trinajstić information content (AvgIpc) is 3.32. The van der Waals surface area contributed by atoms with Crippen molar-refractivity contribution < 1.29 is 9.59 Å². The summed E-state index contributed by atoms with van der Waals surface area (Å²) in [7, 11) is 0. The molecule has 1 aliphatic heterocycles. The van der Waals surface area contributed by atoms with Gasteiger partial charge in [0.25, 0.3) is 11.8 Å². The van der Waals surface area contributed by atoms with Crippen LogP contribution in [0.5, 0.6) is 0 Å². The van der Waals surface area contributed by atoms with Crippen molar-refractivity contribution >= 4 is 23.4 Å². The normalized spacial score (nSPS) is 18.7. The summed E-state index contributed by atoms with van der Waals surface area (Å²) in [5.74, 6) is -0.367. The number of aromatic nitrogens is 1. The van der Waals surface area contributed by atoms with Gasteiger partial charge >= 0.3 is 0 Å². The van der Waals surface area contributed by atoms with E-state index in [0.29, 0.717) is 5.69 Å². The summed E-state index contributed by atoms with van der Waals surface area (Å²) in [5, 5.41) is 3.78. The molecule has 1 aliphatic carbocycles. The van der Waals surface area contributed by atoms with Gasteiger partial charge in [-0.05, 0) is 55.0 Å². The minimum atomic E-state index is -0.265. The SMILES string of the molecule is O=C(NC1CCc2c(Cl)cccc21)c1cccc(C(=O)N2CCCC2)n1. The number of pyridine rings is 1. The third-order valence-corrected chi connectivity index (χ3v) is 5.47. The first-order valence-electron chi connectivity index (χ1n) is 8.98. The molecule has 1 aromatic heterocycles. The van der Waals surface area contributed by atoms with Gasteiger partial charge in [-0.25, -0.2) is 4.98 Å². The molecule has 1 unspecified atom stereocenters. The molecule has 5 nitrogen and oxygen atoms in total. The number of nitrogens with one attached hydrogen (secondary N) is 1. The Morgan fingerprint density at radius 1 is 1.08 bits per heavy atom. The van der Waals surface area contributed by atoms with Crippen LogP contribution in [0.15, 0.2) is 36.4 Å². The fourth-order valence-corrected chi connectivity index (χ4v) is 4.03. The lowest BCUT2D eigenvalue weighted by Gasteiger charge is -2.16. The zero-order chi connectivity index (χ0) is 18.1. The minimum absolute atomic E-state index is 0.0732. The van der Waals surface area contributed by atoms with Crippen molar-refractivity contribution in [3.05, 3.63) is 63.9 Å². The molecule has 2 aromatic rings. The van der Waals surface area contributed by atoms with E-state index in [0.717, 1.165) is 54.9 Å². The Bertz CT molecular complexity index is 862. The van der Waals surface area contributed by atoms with Crippen LogP contribution in [0.1, 0.15) is 57.4 Å². The van der Waals surface area contributed by atoms with E-state index in [1.807, 2.05) is 18.2 Å². The van der Waals surface area contributed by atoms with E-state index in [9.17, 15) is 9.59 Å². The first-order chi connectivity index (χ1) is 12.6. The van der Waals surface area contributed by atoms with Crippen LogP contribution in [-0.2, 0) is 6.42 Å². The van der Waals surface area contributed by atoms with Gasteiger partial charge < -0.3 is 10.2 Å². The molecular formula is C20H20ClN3O2. The minimum Gasteiger partial charge on any atom is -0.344 e. The second kappa shape index (κ2) is 7.08. The zero-order valence-corrected chi connectivity index (χ0v) is 15.1. The quantitative estimate of drug-likeness (QED) is 0.902. The van der Waals surface area contributed by atoms with Crippen LogP contribution in [0.3, 0.4) is 0 Å². The van der Waals surface area contributed by atoms with Crippen molar-refractivity contribution in [1.82, 2.24) is 15.2 Å². The molecule has 6 heteroatoms. The largest absolute Gasteiger partial charge is 0.344 e. The van der Waals surface area contributed by atoms with Gasteiger partial charge in [-0.2, -0.15) is 0 Å². The average molecular weight is 370 g/mol. The molecule has 1 N–H and O–H groups in total. The lowest BCUT2D eigenvalue weighted by Crippen LogP contribution is -2.31. The molecule has 0 bridgehead atoms. The van der Waals surface area contributed by atoms with Crippen LogP contribution in [0.4, 0.5) is 0 Å². The Morgan fingerprint density at radius 3 is 2.62 bits per heavy atom. The van der Waals surface area contributed by atoms with Crippen molar-refractivity contribution in [3.63, 3.8) is 0 Å². The fourth-order valence-electron chi connectivity index (χ4n) is 3.75. The number of halogens is 1. The van der Waals surface area contributed by atoms with Crippen molar-refractivity contribution in [1.29, 1.82) is 0 Å². The second-order valence-electron chi connectivity index (χ2n) is 6.78. The van der Waals surface area contributed by atoms with E-state index >= 15 is 0 Å². The predicted molar refractivity (Wildman–Crippen MR) is 99.4 cm³/mol. The van der Waals surface area contributed by atoms with Gasteiger partial charge in [-0.15, -0.1) is 0 Å². The zero-order valence-electron chi connectivity index (χ0n) is 14.4. The van der Waals surface area contributed by atoms with Crippen LogP contribution >= 0.6 is 11.6 Å². The topological polar surface area (TPSA) is 62.3 Å². The Kier molecular flexibility index (Phi) is 4.64. The van der Waals surface area contributed by atoms with Crippen molar-refractivity contribution in [2.75, 3.05) is 13.1 Å². The Balaban J connectivity index is 1.50. The Morgan fingerprint density at radius 2 is 1.81 bits per heavy atom. The highest BCUT2D eigenvalue weighted by Gasteiger charge is 2.27. The summed E-state index contributed by atoms with van der Waals surface area (Å²) in [4.78, 5) is 31.2. The van der Waals surface area contributed by atoms with Gasteiger partial charge in [-0.3, -0.25) is 9.59 Å². The molecule has 4 rings (SSSR count). The number of carbonyl (C=O) groups is 2. The Hall–Kier alpha value is -2.40. The van der Waals surface area contributed by atoms with E-state index < -0.39 is 0 Å². The van der Waals surface area contributed by atoms with Gasteiger partial charge in [0.05, 0.1) is 6.04 Å². The highest BCUT2D eigenvalue weighted by atomic mass is 35.5. The molecule has 1 atom stereocenters. The molecule has 0 radical (unpaired) electrons. The number of amides is 2. The summed E-state index contributed by atoms with van der Waals surface area (Å²) in [5.41, 5.74) is 2.76. The smallest absolute Gasteiger partial charge is 0.272 e. The number of nitrogens with zero attached hydrogens (tertiary/aromatic N) is 2. The molecule has 1 saturated heterocycles. The van der Waals surface area contributed by atoms with E-state index in [2.05, 4.69) is 10.3 Å². The van der Waals surface area contributed by atoms with E-state index in [1.54, 1.807) is 23.1 Å². The summed E-state index contributed by atoms with van der Waals surface area (Å²) >= 11 is 6.24. The van der Waals surface area contributed by atoms with Crippen molar-refractivity contribution in [2.45, 2.75) is 31.7 Å². The second-order valence-corrected chi connectivity index (χ2v) is 7.19. The van der Waals surface area contributed by atoms with E-state index in [-0.39, 0.29) is 23.6 Å². The molecule has 26 heavy (non-hydrogen) atoms. The standard InChI is InChI=1S/C20H20ClN3O2/c21-15-6-3-5-14-13(15)9-10-16(14)23-19(25)17-7-4-8-18(22-17)20(26)24-11-1-2-12-24/h3-8,16H,1-2,9-12H2,(H,23,25). The van der Waals surface area contributed by atoms with E-state index in [1.165, 1.54) is 0 Å². The van der Waals surface area contributed by atoms with Gasteiger partial charge in [-0.1, -0.05) is 29.8 Å². The van der Waals surface area contributed by atoms with Crippen LogP contribution in [-0.4, -0.2) is 34.8 Å². The number of fused-ring (bicyclic) bond motifs is 1. The number of carbonyl (C=O) groups excluding carboxylic acids is 2. The molecule has 2 amide bonds. The molecule has 1 fully saturated rings. The highest BCUT2D eigenvalue weighted by Crippen LogP contribution is 2.35. The maximum absolute atomic E-state index is 12.7. The summed E-state index contributed by atoms with van der Waals surface area (Å²) in [6.45, 7) is 1.52. The lowest BCUT2D eigenvalue weighted by atomic mass is 10.1. The van der Waals surface area contributed by atoms with E-state index in [4.69, 9.17) is 11.6 Å². The third-order valence-electron chi connectivity index (χ3n) is 5.11. The molecule has 0 saturated carbocycles. The number of hydrogen-bond acceptors (Lipinski definition) is 3. The molecular weight excluding hydrogens is 350 g/mol. The first kappa shape index (κ1) is 17.0. The monoisotopic (exact) mass is 369 g/mol. The maximum Gasteiger partial charge on any atom is 0.272 e. The summed E-state index contributed by atoms with van der Waals surface area (Å²) in [6, 6.07) is 10.7. The molecule has 2 heterocycles. The van der Waals surface area contributed by atoms with Crippen LogP contribution < -0.4 is 5.32 Å².